The number of hydrogen-bond donors (Lipinski definition) is 1. The first-order valence-electron chi connectivity index (χ1n) is 7.23. The van der Waals surface area contributed by atoms with Gasteiger partial charge in [-0.2, -0.15) is 5.10 Å². The summed E-state index contributed by atoms with van der Waals surface area (Å²) >= 11 is 0. The molecular formula is C15H25N3O3. The molecule has 1 N–H and O–H groups in total. The second-order valence-electron chi connectivity index (χ2n) is 5.55. The average molecular weight is 295 g/mol. The first-order chi connectivity index (χ1) is 9.70. The third kappa shape index (κ3) is 3.62. The van der Waals surface area contributed by atoms with E-state index in [0.29, 0.717) is 0 Å². The summed E-state index contributed by atoms with van der Waals surface area (Å²) in [4.78, 5) is 25.2. The van der Waals surface area contributed by atoms with Gasteiger partial charge in [0.1, 0.15) is 6.54 Å². The van der Waals surface area contributed by atoms with Crippen LogP contribution in [-0.2, 0) is 16.6 Å². The zero-order valence-corrected chi connectivity index (χ0v) is 13.7. The molecule has 0 bridgehead atoms. The van der Waals surface area contributed by atoms with Crippen LogP contribution >= 0.6 is 0 Å². The highest BCUT2D eigenvalue weighted by Gasteiger charge is 2.30. The third-order valence-electron chi connectivity index (χ3n) is 4.08. The highest BCUT2D eigenvalue weighted by molar-refractivity contribution is 5.87. The molecule has 0 radical (unpaired) electrons. The second kappa shape index (κ2) is 6.74. The van der Waals surface area contributed by atoms with E-state index in [9.17, 15) is 9.59 Å². The van der Waals surface area contributed by atoms with Crippen LogP contribution in [0.2, 0.25) is 0 Å². The molecule has 0 aromatic carbocycles. The summed E-state index contributed by atoms with van der Waals surface area (Å²) in [5, 5.41) is 13.4. The van der Waals surface area contributed by atoms with Gasteiger partial charge in [0.2, 0.25) is 5.91 Å². The minimum atomic E-state index is -0.990. The molecule has 0 saturated carbocycles. The largest absolute Gasteiger partial charge is 0.480 e. The van der Waals surface area contributed by atoms with Gasteiger partial charge in [-0.15, -0.1) is 0 Å². The Kier molecular flexibility index (Phi) is 5.52. The highest BCUT2D eigenvalue weighted by Crippen LogP contribution is 2.25. The van der Waals surface area contributed by atoms with Gasteiger partial charge in [-0.05, 0) is 34.1 Å². The van der Waals surface area contributed by atoms with Crippen molar-refractivity contribution in [3.05, 3.63) is 17.0 Å². The van der Waals surface area contributed by atoms with Gasteiger partial charge in [-0.25, -0.2) is 0 Å². The van der Waals surface area contributed by atoms with E-state index in [2.05, 4.69) is 5.10 Å². The topological polar surface area (TPSA) is 75.4 Å². The smallest absolute Gasteiger partial charge is 0.323 e. The van der Waals surface area contributed by atoms with Gasteiger partial charge >= 0.3 is 5.97 Å². The molecule has 118 valence electrons. The molecule has 1 rings (SSSR count). The van der Waals surface area contributed by atoms with Crippen LogP contribution in [0.3, 0.4) is 0 Å². The molecule has 0 aliphatic rings. The van der Waals surface area contributed by atoms with Crippen molar-refractivity contribution in [2.45, 2.75) is 53.0 Å². The summed E-state index contributed by atoms with van der Waals surface area (Å²) in [5.74, 6) is -1.55. The zero-order chi connectivity index (χ0) is 16.3. The summed E-state index contributed by atoms with van der Waals surface area (Å²) in [6.45, 7) is 9.16. The number of aromatic nitrogens is 2. The Bertz CT molecular complexity index is 537. The van der Waals surface area contributed by atoms with Crippen molar-refractivity contribution in [1.82, 2.24) is 14.7 Å². The lowest BCUT2D eigenvalue weighted by molar-refractivity contribution is -0.146. The van der Waals surface area contributed by atoms with Crippen LogP contribution in [0, 0.1) is 13.8 Å². The molecule has 0 spiro atoms. The van der Waals surface area contributed by atoms with E-state index in [4.69, 9.17) is 5.11 Å². The predicted octanol–water partition coefficient (Wildman–Crippen LogP) is 1.85. The van der Waals surface area contributed by atoms with Crippen LogP contribution in [0.1, 0.15) is 50.1 Å². The average Bonchev–Trinajstić information content (AvgIpc) is 2.67. The van der Waals surface area contributed by atoms with Gasteiger partial charge in [-0.1, -0.05) is 6.92 Å². The summed E-state index contributed by atoms with van der Waals surface area (Å²) in [5.41, 5.74) is 2.64. The van der Waals surface area contributed by atoms with Crippen LogP contribution in [-0.4, -0.2) is 44.3 Å². The third-order valence-corrected chi connectivity index (χ3v) is 4.08. The molecule has 0 saturated heterocycles. The quantitative estimate of drug-likeness (QED) is 0.869. The van der Waals surface area contributed by atoms with E-state index < -0.39 is 11.9 Å². The number of carboxylic acid groups (broad SMARTS) is 1. The Morgan fingerprint density at radius 2 is 1.90 bits per heavy atom. The molecule has 0 aliphatic carbocycles. The van der Waals surface area contributed by atoms with E-state index in [1.807, 2.05) is 41.7 Å². The molecule has 2 atom stereocenters. The number of amides is 1. The van der Waals surface area contributed by atoms with Crippen molar-refractivity contribution in [1.29, 1.82) is 0 Å². The summed E-state index contributed by atoms with van der Waals surface area (Å²) in [6.07, 6.45) is 0.719. The minimum Gasteiger partial charge on any atom is -0.480 e. The van der Waals surface area contributed by atoms with Gasteiger partial charge in [-0.3, -0.25) is 14.3 Å². The monoisotopic (exact) mass is 295 g/mol. The molecule has 1 heterocycles. The van der Waals surface area contributed by atoms with E-state index in [0.717, 1.165) is 23.4 Å². The van der Waals surface area contributed by atoms with Crippen molar-refractivity contribution in [2.24, 2.45) is 7.05 Å². The van der Waals surface area contributed by atoms with Crippen LogP contribution < -0.4 is 0 Å². The summed E-state index contributed by atoms with van der Waals surface area (Å²) < 4.78 is 1.75. The van der Waals surface area contributed by atoms with E-state index in [1.54, 1.807) is 4.68 Å². The minimum absolute atomic E-state index is 0.103. The number of carbonyl (C=O) groups excluding carboxylic acids is 1. The number of rotatable bonds is 6. The van der Waals surface area contributed by atoms with Crippen molar-refractivity contribution in [3.8, 4) is 0 Å². The first-order valence-corrected chi connectivity index (χ1v) is 7.23. The fourth-order valence-corrected chi connectivity index (χ4v) is 2.61. The Balaban J connectivity index is 3.10. The first kappa shape index (κ1) is 17.2. The highest BCUT2D eigenvalue weighted by atomic mass is 16.4. The van der Waals surface area contributed by atoms with Crippen molar-refractivity contribution >= 4 is 11.9 Å². The molecule has 0 fully saturated rings. The van der Waals surface area contributed by atoms with Crippen LogP contribution in [0.5, 0.6) is 0 Å². The molecule has 1 aromatic rings. The molecule has 0 aliphatic heterocycles. The van der Waals surface area contributed by atoms with Crippen LogP contribution in [0.25, 0.3) is 0 Å². The molecule has 2 unspecified atom stereocenters. The molecule has 1 amide bonds. The van der Waals surface area contributed by atoms with Gasteiger partial charge in [0.25, 0.3) is 0 Å². The maximum Gasteiger partial charge on any atom is 0.323 e. The lowest BCUT2D eigenvalue weighted by Gasteiger charge is -2.29. The number of aliphatic carboxylic acids is 1. The maximum absolute atomic E-state index is 12.7. The number of carboxylic acids is 1. The predicted molar refractivity (Wildman–Crippen MR) is 80.2 cm³/mol. The van der Waals surface area contributed by atoms with Crippen molar-refractivity contribution < 1.29 is 14.7 Å². The maximum atomic E-state index is 12.7. The Labute approximate surface area is 125 Å². The number of carbonyl (C=O) groups is 2. The normalized spacial score (nSPS) is 13.8. The Hall–Kier alpha value is -1.85. The molecule has 1 aromatic heterocycles. The van der Waals surface area contributed by atoms with Gasteiger partial charge in [0.05, 0.1) is 11.6 Å². The van der Waals surface area contributed by atoms with Crippen LogP contribution in [0.4, 0.5) is 0 Å². The van der Waals surface area contributed by atoms with Crippen molar-refractivity contribution in [3.63, 3.8) is 0 Å². The SMILES string of the molecule is CCC(C)N(CC(=O)O)C(=O)C(C)c1c(C)nn(C)c1C. The Morgan fingerprint density at radius 1 is 1.33 bits per heavy atom. The molecule has 6 heteroatoms. The standard InChI is InChI=1S/C15H25N3O3/c1-7-9(2)18(8-13(19)20)15(21)10(3)14-11(4)16-17(6)12(14)5/h9-10H,7-8H2,1-6H3,(H,19,20). The number of nitrogens with zero attached hydrogens (tertiary/aromatic N) is 3. The van der Waals surface area contributed by atoms with Gasteiger partial charge < -0.3 is 10.0 Å². The van der Waals surface area contributed by atoms with E-state index >= 15 is 0 Å². The fourth-order valence-electron chi connectivity index (χ4n) is 2.61. The molecule has 6 nitrogen and oxygen atoms in total. The fraction of sp³-hybridized carbons (Fsp3) is 0.667. The van der Waals surface area contributed by atoms with E-state index in [-0.39, 0.29) is 18.5 Å². The van der Waals surface area contributed by atoms with Gasteiger partial charge in [0, 0.05) is 24.3 Å². The zero-order valence-electron chi connectivity index (χ0n) is 13.7. The lowest BCUT2D eigenvalue weighted by atomic mass is 9.96. The summed E-state index contributed by atoms with van der Waals surface area (Å²) in [7, 11) is 1.84. The number of hydrogen-bond acceptors (Lipinski definition) is 3. The Morgan fingerprint density at radius 3 is 2.29 bits per heavy atom. The van der Waals surface area contributed by atoms with Crippen molar-refractivity contribution in [2.75, 3.05) is 6.54 Å². The molecular weight excluding hydrogens is 270 g/mol. The second-order valence-corrected chi connectivity index (χ2v) is 5.55. The number of aryl methyl sites for hydroxylation is 2. The van der Waals surface area contributed by atoms with Crippen LogP contribution in [0.15, 0.2) is 0 Å². The molecule has 21 heavy (non-hydrogen) atoms. The van der Waals surface area contributed by atoms with E-state index in [1.165, 1.54) is 4.90 Å². The lowest BCUT2D eigenvalue weighted by Crippen LogP contribution is -2.43. The van der Waals surface area contributed by atoms with Gasteiger partial charge in [0.15, 0.2) is 0 Å². The summed E-state index contributed by atoms with van der Waals surface area (Å²) in [6, 6.07) is -0.103.